The molecule has 2 rings (SSSR count). The van der Waals surface area contributed by atoms with Gasteiger partial charge in [-0.1, -0.05) is 0 Å². The Hall–Kier alpha value is -1.92. The summed E-state index contributed by atoms with van der Waals surface area (Å²) in [5.41, 5.74) is 4.07. The predicted octanol–water partition coefficient (Wildman–Crippen LogP) is 1.62. The molecule has 1 atom stereocenters. The minimum atomic E-state index is -0.662. The van der Waals surface area contributed by atoms with Crippen LogP contribution in [-0.2, 0) is 0 Å². The normalized spacial score (nSPS) is 12.4. The quantitative estimate of drug-likeness (QED) is 0.641. The van der Waals surface area contributed by atoms with Crippen LogP contribution in [-0.4, -0.2) is 9.97 Å². The summed E-state index contributed by atoms with van der Waals surface area (Å²) in [6, 6.07) is 2.60. The van der Waals surface area contributed by atoms with Crippen molar-refractivity contribution in [2.24, 2.45) is 5.84 Å². The highest BCUT2D eigenvalue weighted by Gasteiger charge is 2.16. The third-order valence-corrected chi connectivity index (χ3v) is 2.48. The van der Waals surface area contributed by atoms with Gasteiger partial charge in [0.15, 0.2) is 0 Å². The summed E-state index contributed by atoms with van der Waals surface area (Å²) >= 11 is 0. The number of hydrazine groups is 1. The number of rotatable bonds is 3. The van der Waals surface area contributed by atoms with Crippen LogP contribution in [0.3, 0.4) is 0 Å². The van der Waals surface area contributed by atoms with Gasteiger partial charge in [0.1, 0.15) is 11.6 Å². The molecule has 0 bridgehead atoms. The first-order chi connectivity index (χ1) is 8.60. The molecule has 0 saturated heterocycles. The van der Waals surface area contributed by atoms with Crippen LogP contribution >= 0.6 is 0 Å². The van der Waals surface area contributed by atoms with E-state index in [1.807, 2.05) is 0 Å². The maximum atomic E-state index is 13.2. The van der Waals surface area contributed by atoms with Crippen LogP contribution in [0.1, 0.15) is 23.0 Å². The van der Waals surface area contributed by atoms with Crippen LogP contribution in [0, 0.1) is 18.6 Å². The fraction of sp³-hybridized carbons (Fsp3) is 0.167. The Morgan fingerprint density at radius 3 is 2.28 bits per heavy atom. The second kappa shape index (κ2) is 5.16. The number of hydrogen-bond acceptors (Lipinski definition) is 4. The average Bonchev–Trinajstić information content (AvgIpc) is 2.31. The van der Waals surface area contributed by atoms with Gasteiger partial charge in [0.25, 0.3) is 0 Å². The molecule has 2 aromatic rings. The SMILES string of the molecule is Cc1cnc(C(NN)c2cc(F)cc(F)c2)cn1. The molecule has 18 heavy (non-hydrogen) atoms. The van der Waals surface area contributed by atoms with Gasteiger partial charge in [-0.2, -0.15) is 0 Å². The lowest BCUT2D eigenvalue weighted by atomic mass is 10.0. The van der Waals surface area contributed by atoms with Crippen molar-refractivity contribution in [1.29, 1.82) is 0 Å². The fourth-order valence-corrected chi connectivity index (χ4v) is 1.65. The standard InChI is InChI=1S/C12H12F2N4/c1-7-5-17-11(6-16-7)12(18-15)8-2-9(13)4-10(14)3-8/h2-6,12,18H,15H2,1H3. The van der Waals surface area contributed by atoms with E-state index < -0.39 is 17.7 Å². The Labute approximate surface area is 103 Å². The van der Waals surface area contributed by atoms with Crippen molar-refractivity contribution in [3.8, 4) is 0 Å². The van der Waals surface area contributed by atoms with E-state index >= 15 is 0 Å². The summed E-state index contributed by atoms with van der Waals surface area (Å²) in [6.45, 7) is 1.80. The monoisotopic (exact) mass is 250 g/mol. The van der Waals surface area contributed by atoms with E-state index in [0.717, 1.165) is 11.8 Å². The predicted molar refractivity (Wildman–Crippen MR) is 62.3 cm³/mol. The van der Waals surface area contributed by atoms with Crippen LogP contribution in [0.2, 0.25) is 0 Å². The van der Waals surface area contributed by atoms with E-state index in [2.05, 4.69) is 15.4 Å². The van der Waals surface area contributed by atoms with Crippen molar-refractivity contribution in [2.45, 2.75) is 13.0 Å². The molecule has 0 fully saturated rings. The highest BCUT2D eigenvalue weighted by Crippen LogP contribution is 2.21. The van der Waals surface area contributed by atoms with E-state index in [1.54, 1.807) is 13.1 Å². The Morgan fingerprint density at radius 2 is 1.78 bits per heavy atom. The van der Waals surface area contributed by atoms with E-state index in [0.29, 0.717) is 11.3 Å². The van der Waals surface area contributed by atoms with Crippen molar-refractivity contribution in [1.82, 2.24) is 15.4 Å². The zero-order valence-corrected chi connectivity index (χ0v) is 9.69. The van der Waals surface area contributed by atoms with Crippen molar-refractivity contribution < 1.29 is 8.78 Å². The molecule has 1 heterocycles. The van der Waals surface area contributed by atoms with E-state index in [-0.39, 0.29) is 0 Å². The van der Waals surface area contributed by atoms with Crippen LogP contribution in [0.25, 0.3) is 0 Å². The second-order valence-corrected chi connectivity index (χ2v) is 3.89. The Morgan fingerprint density at radius 1 is 1.11 bits per heavy atom. The molecular formula is C12H12F2N4. The molecule has 4 nitrogen and oxygen atoms in total. The number of hydrogen-bond donors (Lipinski definition) is 2. The van der Waals surface area contributed by atoms with Gasteiger partial charge in [-0.05, 0) is 24.6 Å². The summed E-state index contributed by atoms with van der Waals surface area (Å²) in [6.07, 6.45) is 3.08. The van der Waals surface area contributed by atoms with Gasteiger partial charge < -0.3 is 0 Å². The van der Waals surface area contributed by atoms with E-state index in [9.17, 15) is 8.78 Å². The first-order valence-electron chi connectivity index (χ1n) is 5.31. The third kappa shape index (κ3) is 2.66. The Bertz CT molecular complexity index is 522. The molecule has 0 aliphatic heterocycles. The van der Waals surface area contributed by atoms with Gasteiger partial charge >= 0.3 is 0 Å². The smallest absolute Gasteiger partial charge is 0.126 e. The lowest BCUT2D eigenvalue weighted by molar-refractivity contribution is 0.562. The average molecular weight is 250 g/mol. The van der Waals surface area contributed by atoms with Crippen LogP contribution in [0.5, 0.6) is 0 Å². The highest BCUT2D eigenvalue weighted by molar-refractivity contribution is 5.27. The van der Waals surface area contributed by atoms with Gasteiger partial charge in [-0.15, -0.1) is 0 Å². The first kappa shape index (κ1) is 12.5. The summed E-state index contributed by atoms with van der Waals surface area (Å²) in [5, 5.41) is 0. The molecule has 3 N–H and O–H groups in total. The lowest BCUT2D eigenvalue weighted by Gasteiger charge is -2.15. The second-order valence-electron chi connectivity index (χ2n) is 3.89. The van der Waals surface area contributed by atoms with Gasteiger partial charge in [0.05, 0.1) is 23.6 Å². The zero-order chi connectivity index (χ0) is 13.1. The Kier molecular flexibility index (Phi) is 3.59. The largest absolute Gasteiger partial charge is 0.271 e. The van der Waals surface area contributed by atoms with Gasteiger partial charge in [-0.25, -0.2) is 14.2 Å². The van der Waals surface area contributed by atoms with E-state index in [4.69, 9.17) is 5.84 Å². The fourth-order valence-electron chi connectivity index (χ4n) is 1.65. The lowest BCUT2D eigenvalue weighted by Crippen LogP contribution is -2.29. The molecule has 0 aliphatic carbocycles. The Balaban J connectivity index is 2.41. The number of aromatic nitrogens is 2. The number of aryl methyl sites for hydroxylation is 1. The zero-order valence-electron chi connectivity index (χ0n) is 9.69. The molecule has 0 radical (unpaired) electrons. The van der Waals surface area contributed by atoms with Gasteiger partial charge in [0.2, 0.25) is 0 Å². The van der Waals surface area contributed by atoms with Gasteiger partial charge in [-0.3, -0.25) is 15.8 Å². The molecule has 1 aromatic heterocycles. The minimum Gasteiger partial charge on any atom is -0.271 e. The van der Waals surface area contributed by atoms with Crippen LogP contribution in [0.4, 0.5) is 8.78 Å². The van der Waals surface area contributed by atoms with E-state index in [1.165, 1.54) is 18.3 Å². The van der Waals surface area contributed by atoms with Crippen molar-refractivity contribution in [3.05, 3.63) is 59.2 Å². The maximum absolute atomic E-state index is 13.2. The summed E-state index contributed by atoms with van der Waals surface area (Å²) in [4.78, 5) is 8.21. The molecular weight excluding hydrogens is 238 g/mol. The molecule has 0 aliphatic rings. The first-order valence-corrected chi connectivity index (χ1v) is 5.31. The number of benzene rings is 1. The number of nitrogens with zero attached hydrogens (tertiary/aromatic N) is 2. The van der Waals surface area contributed by atoms with Crippen LogP contribution in [0.15, 0.2) is 30.6 Å². The number of nitrogens with one attached hydrogen (secondary N) is 1. The molecule has 94 valence electrons. The van der Waals surface area contributed by atoms with Crippen molar-refractivity contribution in [3.63, 3.8) is 0 Å². The summed E-state index contributed by atoms with van der Waals surface area (Å²) < 4.78 is 26.3. The molecule has 6 heteroatoms. The molecule has 0 saturated carbocycles. The third-order valence-electron chi connectivity index (χ3n) is 2.48. The van der Waals surface area contributed by atoms with Gasteiger partial charge in [0, 0.05) is 12.3 Å². The highest BCUT2D eigenvalue weighted by atomic mass is 19.1. The topological polar surface area (TPSA) is 63.8 Å². The molecule has 1 aromatic carbocycles. The van der Waals surface area contributed by atoms with Crippen molar-refractivity contribution in [2.75, 3.05) is 0 Å². The number of nitrogens with two attached hydrogens (primary N) is 1. The summed E-state index contributed by atoms with van der Waals surface area (Å²) in [5.74, 6) is 4.09. The molecule has 1 unspecified atom stereocenters. The number of halogens is 2. The molecule has 0 amide bonds. The maximum Gasteiger partial charge on any atom is 0.126 e. The summed E-state index contributed by atoms with van der Waals surface area (Å²) in [7, 11) is 0. The van der Waals surface area contributed by atoms with Crippen LogP contribution < -0.4 is 11.3 Å². The van der Waals surface area contributed by atoms with Crippen molar-refractivity contribution >= 4 is 0 Å². The molecule has 0 spiro atoms. The minimum absolute atomic E-state index is 0.355.